The molecule has 0 saturated carbocycles. The minimum Gasteiger partial charge on any atom is -0.292 e. The van der Waals surface area contributed by atoms with Gasteiger partial charge < -0.3 is 0 Å². The zero-order valence-corrected chi connectivity index (χ0v) is 11.3. The first kappa shape index (κ1) is 12.4. The van der Waals surface area contributed by atoms with Crippen molar-refractivity contribution in [1.29, 1.82) is 0 Å². The highest BCUT2D eigenvalue weighted by Crippen LogP contribution is 2.29. The summed E-state index contributed by atoms with van der Waals surface area (Å²) in [7, 11) is 0. The van der Waals surface area contributed by atoms with E-state index in [0.29, 0.717) is 12.2 Å². The van der Waals surface area contributed by atoms with Gasteiger partial charge in [0.1, 0.15) is 5.69 Å². The number of aromatic nitrogens is 2. The van der Waals surface area contributed by atoms with Crippen LogP contribution in [-0.4, -0.2) is 15.6 Å². The molecule has 84 valence electrons. The van der Waals surface area contributed by atoms with Crippen LogP contribution < -0.4 is 0 Å². The van der Waals surface area contributed by atoms with Crippen LogP contribution in [0.25, 0.3) is 0 Å². The number of aryl methyl sites for hydroxylation is 1. The third-order valence-corrected chi connectivity index (χ3v) is 3.39. The molecule has 0 bridgehead atoms. The van der Waals surface area contributed by atoms with Gasteiger partial charge in [0.05, 0.1) is 10.7 Å². The zero-order valence-electron chi connectivity index (χ0n) is 9.67. The summed E-state index contributed by atoms with van der Waals surface area (Å²) in [6.07, 6.45) is 2.51. The molecule has 1 aromatic heterocycles. The van der Waals surface area contributed by atoms with Crippen molar-refractivity contribution in [2.75, 3.05) is 0 Å². The van der Waals surface area contributed by atoms with Crippen molar-refractivity contribution in [3.8, 4) is 0 Å². The number of hydrogen-bond donors (Lipinski definition) is 0. The van der Waals surface area contributed by atoms with Gasteiger partial charge in [0.25, 0.3) is 0 Å². The van der Waals surface area contributed by atoms with Crippen LogP contribution in [0.5, 0.6) is 0 Å². The molecule has 1 heterocycles. The molecule has 0 N–H and O–H groups in total. The monoisotopic (exact) mass is 272 g/mol. The molecule has 4 heteroatoms. The van der Waals surface area contributed by atoms with E-state index in [9.17, 15) is 4.79 Å². The molecule has 0 aliphatic carbocycles. The van der Waals surface area contributed by atoms with Crippen LogP contribution in [0.1, 0.15) is 44.6 Å². The van der Waals surface area contributed by atoms with Crippen molar-refractivity contribution in [3.05, 3.63) is 16.4 Å². The number of carbonyl (C=O) groups excluding carboxylic acids is 1. The van der Waals surface area contributed by atoms with E-state index < -0.39 is 0 Å². The smallest absolute Gasteiger partial charge is 0.187 e. The van der Waals surface area contributed by atoms with Crippen LogP contribution in [0, 0.1) is 5.41 Å². The molecular weight excluding hydrogens is 256 g/mol. The van der Waals surface area contributed by atoms with E-state index >= 15 is 0 Å². The lowest BCUT2D eigenvalue weighted by Gasteiger charge is -2.21. The molecular formula is C11H17BrN2O. The number of ketones is 1. The number of halogens is 1. The van der Waals surface area contributed by atoms with E-state index in [0.717, 1.165) is 10.9 Å². The molecule has 3 nitrogen and oxygen atoms in total. The number of rotatable bonds is 4. The maximum atomic E-state index is 12.3. The van der Waals surface area contributed by atoms with Gasteiger partial charge in [0, 0.05) is 12.0 Å². The summed E-state index contributed by atoms with van der Waals surface area (Å²) in [4.78, 5) is 12.3. The highest BCUT2D eigenvalue weighted by molar-refractivity contribution is 9.10. The fourth-order valence-electron chi connectivity index (χ4n) is 1.31. The molecule has 1 aromatic rings. The predicted molar refractivity (Wildman–Crippen MR) is 64.0 cm³/mol. The van der Waals surface area contributed by atoms with Gasteiger partial charge >= 0.3 is 0 Å². The van der Waals surface area contributed by atoms with E-state index in [-0.39, 0.29) is 11.2 Å². The molecule has 0 fully saturated rings. The van der Waals surface area contributed by atoms with Gasteiger partial charge in [-0.05, 0) is 29.3 Å². The van der Waals surface area contributed by atoms with E-state index in [1.54, 1.807) is 10.9 Å². The van der Waals surface area contributed by atoms with Crippen molar-refractivity contribution in [2.45, 2.75) is 40.7 Å². The molecule has 0 aromatic carbocycles. The Balaban J connectivity index is 3.16. The molecule has 0 atom stereocenters. The first-order chi connectivity index (χ1) is 6.94. The van der Waals surface area contributed by atoms with E-state index in [1.165, 1.54) is 0 Å². The van der Waals surface area contributed by atoms with Crippen LogP contribution in [-0.2, 0) is 6.54 Å². The molecule has 0 aliphatic heterocycles. The Kier molecular flexibility index (Phi) is 3.71. The van der Waals surface area contributed by atoms with Gasteiger partial charge in [-0.25, -0.2) is 0 Å². The van der Waals surface area contributed by atoms with Crippen molar-refractivity contribution in [2.24, 2.45) is 5.41 Å². The summed E-state index contributed by atoms with van der Waals surface area (Å²) < 4.78 is 2.53. The van der Waals surface area contributed by atoms with Crippen LogP contribution in [0.3, 0.4) is 0 Å². The minimum atomic E-state index is -0.324. The molecule has 0 spiro atoms. The van der Waals surface area contributed by atoms with Crippen molar-refractivity contribution in [3.63, 3.8) is 0 Å². The van der Waals surface area contributed by atoms with Gasteiger partial charge in [0.2, 0.25) is 0 Å². The molecule has 0 unspecified atom stereocenters. The Morgan fingerprint density at radius 3 is 2.60 bits per heavy atom. The van der Waals surface area contributed by atoms with Crippen LogP contribution in [0.2, 0.25) is 0 Å². The molecule has 0 saturated heterocycles. The van der Waals surface area contributed by atoms with Gasteiger partial charge in [-0.3, -0.25) is 9.48 Å². The summed E-state index contributed by atoms with van der Waals surface area (Å²) in [5.41, 5.74) is 0.361. The second kappa shape index (κ2) is 4.47. The molecule has 15 heavy (non-hydrogen) atoms. The van der Waals surface area contributed by atoms with Crippen LogP contribution >= 0.6 is 15.9 Å². The van der Waals surface area contributed by atoms with Crippen LogP contribution in [0.15, 0.2) is 10.7 Å². The highest BCUT2D eigenvalue weighted by Gasteiger charge is 2.30. The number of nitrogens with zero attached hydrogens (tertiary/aromatic N) is 2. The lowest BCUT2D eigenvalue weighted by atomic mass is 9.84. The number of carbonyl (C=O) groups is 1. The Labute approximate surface area is 99.0 Å². The van der Waals surface area contributed by atoms with Crippen molar-refractivity contribution in [1.82, 2.24) is 9.78 Å². The molecule has 0 radical (unpaired) electrons. The zero-order chi connectivity index (χ0) is 11.6. The molecule has 0 amide bonds. The SMILES string of the molecule is CCn1ncc(Br)c1C(=O)C(C)(C)CC. The van der Waals surface area contributed by atoms with Crippen molar-refractivity contribution < 1.29 is 4.79 Å². The topological polar surface area (TPSA) is 34.9 Å². The first-order valence-corrected chi connectivity index (χ1v) is 5.99. The Morgan fingerprint density at radius 1 is 1.53 bits per heavy atom. The number of hydrogen-bond acceptors (Lipinski definition) is 2. The Hall–Kier alpha value is -0.640. The fourth-order valence-corrected chi connectivity index (χ4v) is 1.79. The van der Waals surface area contributed by atoms with E-state index in [4.69, 9.17) is 0 Å². The van der Waals surface area contributed by atoms with Gasteiger partial charge in [-0.15, -0.1) is 0 Å². The minimum absolute atomic E-state index is 0.149. The number of Topliss-reactive ketones (excluding diaryl/α,β-unsaturated/α-hetero) is 1. The third-order valence-electron chi connectivity index (χ3n) is 2.81. The largest absolute Gasteiger partial charge is 0.292 e. The summed E-state index contributed by atoms with van der Waals surface area (Å²) in [5, 5.41) is 4.15. The first-order valence-electron chi connectivity index (χ1n) is 5.20. The summed E-state index contributed by atoms with van der Waals surface area (Å²) in [6, 6.07) is 0. The highest BCUT2D eigenvalue weighted by atomic mass is 79.9. The quantitative estimate of drug-likeness (QED) is 0.789. The van der Waals surface area contributed by atoms with Gasteiger partial charge in [0.15, 0.2) is 5.78 Å². The van der Waals surface area contributed by atoms with Crippen molar-refractivity contribution >= 4 is 21.7 Å². The normalized spacial score (nSPS) is 11.8. The average Bonchev–Trinajstić information content (AvgIpc) is 2.58. The standard InChI is InChI=1S/C11H17BrN2O/c1-5-11(3,4)10(15)9-8(12)7-13-14(9)6-2/h7H,5-6H2,1-4H3. The predicted octanol–water partition coefficient (Wildman–Crippen LogP) is 3.28. The Morgan fingerprint density at radius 2 is 2.13 bits per heavy atom. The second-order valence-corrected chi connectivity index (χ2v) is 5.08. The third kappa shape index (κ3) is 2.30. The average molecular weight is 273 g/mol. The fraction of sp³-hybridized carbons (Fsp3) is 0.636. The summed E-state index contributed by atoms with van der Waals surface area (Å²) in [6.45, 7) is 8.66. The second-order valence-electron chi connectivity index (χ2n) is 4.22. The molecule has 0 aliphatic rings. The molecule has 1 rings (SSSR count). The maximum Gasteiger partial charge on any atom is 0.187 e. The summed E-state index contributed by atoms with van der Waals surface area (Å²) in [5.74, 6) is 0.149. The van der Waals surface area contributed by atoms with Gasteiger partial charge in [-0.1, -0.05) is 20.8 Å². The van der Waals surface area contributed by atoms with E-state index in [2.05, 4.69) is 21.0 Å². The summed E-state index contributed by atoms with van der Waals surface area (Å²) >= 11 is 3.38. The van der Waals surface area contributed by atoms with Crippen LogP contribution in [0.4, 0.5) is 0 Å². The Bertz CT molecular complexity index is 369. The van der Waals surface area contributed by atoms with Gasteiger partial charge in [-0.2, -0.15) is 5.10 Å². The maximum absolute atomic E-state index is 12.3. The lowest BCUT2D eigenvalue weighted by molar-refractivity contribution is 0.0820. The van der Waals surface area contributed by atoms with E-state index in [1.807, 2.05) is 27.7 Å². The lowest BCUT2D eigenvalue weighted by Crippen LogP contribution is -2.26.